The Kier molecular flexibility index (Phi) is 11.2. The van der Waals surface area contributed by atoms with Crippen molar-refractivity contribution in [2.45, 2.75) is 45.8 Å². The molecule has 0 aromatic heterocycles. The van der Waals surface area contributed by atoms with E-state index in [0.717, 1.165) is 39.0 Å². The van der Waals surface area contributed by atoms with Crippen molar-refractivity contribution in [3.05, 3.63) is 35.6 Å². The molecule has 0 saturated carbocycles. The third-order valence-electron chi connectivity index (χ3n) is 4.58. The Morgan fingerprint density at radius 1 is 1.30 bits per heavy atom. The van der Waals surface area contributed by atoms with Crippen molar-refractivity contribution in [3.8, 4) is 0 Å². The molecule has 1 aliphatic heterocycles. The number of aliphatic hydroxyl groups excluding tert-OH is 1. The van der Waals surface area contributed by atoms with E-state index < -0.39 is 11.9 Å². The van der Waals surface area contributed by atoms with E-state index in [0.29, 0.717) is 17.9 Å². The molecule has 1 aromatic rings. The molecule has 154 valence electrons. The summed E-state index contributed by atoms with van der Waals surface area (Å²) in [5, 5.41) is 16.9. The second-order valence-corrected chi connectivity index (χ2v) is 7.37. The van der Waals surface area contributed by atoms with Crippen LogP contribution in [0.25, 0.3) is 0 Å². The monoisotopic (exact) mass is 492 g/mol. The largest absolute Gasteiger partial charge is 0.386 e. The van der Waals surface area contributed by atoms with Crippen LogP contribution in [0, 0.1) is 11.7 Å². The van der Waals surface area contributed by atoms with E-state index in [2.05, 4.69) is 34.4 Å². The fourth-order valence-electron chi connectivity index (χ4n) is 3.31. The van der Waals surface area contributed by atoms with Crippen molar-refractivity contribution in [1.82, 2.24) is 15.5 Å². The molecule has 1 atom stereocenters. The first-order valence-electron chi connectivity index (χ1n) is 9.69. The molecular weight excluding hydrogens is 458 g/mol. The van der Waals surface area contributed by atoms with Crippen molar-refractivity contribution in [2.75, 3.05) is 32.7 Å². The summed E-state index contributed by atoms with van der Waals surface area (Å²) in [4.78, 5) is 6.97. The Bertz CT molecular complexity index is 577. The van der Waals surface area contributed by atoms with Gasteiger partial charge in [0.05, 0.1) is 6.54 Å². The van der Waals surface area contributed by atoms with Gasteiger partial charge in [-0.05, 0) is 31.7 Å². The zero-order chi connectivity index (χ0) is 18.9. The number of piperidine rings is 1. The molecule has 1 unspecified atom stereocenters. The molecule has 7 heteroatoms. The van der Waals surface area contributed by atoms with Crippen molar-refractivity contribution in [1.29, 1.82) is 0 Å². The van der Waals surface area contributed by atoms with Gasteiger partial charge in [-0.2, -0.15) is 0 Å². The summed E-state index contributed by atoms with van der Waals surface area (Å²) in [6.45, 7) is 10.7. The van der Waals surface area contributed by atoms with Gasteiger partial charge in [0.15, 0.2) is 5.96 Å². The van der Waals surface area contributed by atoms with Crippen LogP contribution in [0.15, 0.2) is 29.3 Å². The molecule has 0 bridgehead atoms. The summed E-state index contributed by atoms with van der Waals surface area (Å²) >= 11 is 0. The Balaban J connectivity index is 0.00000364. The van der Waals surface area contributed by atoms with Gasteiger partial charge in [-0.15, -0.1) is 24.0 Å². The summed E-state index contributed by atoms with van der Waals surface area (Å²) in [6, 6.07) is 6.67. The summed E-state index contributed by atoms with van der Waals surface area (Å²) in [7, 11) is 0. The van der Waals surface area contributed by atoms with Crippen LogP contribution < -0.4 is 10.6 Å². The second kappa shape index (κ2) is 12.5. The highest BCUT2D eigenvalue weighted by Crippen LogP contribution is 2.17. The number of aliphatic hydroxyl groups is 1. The number of rotatable bonds is 7. The number of nitrogens with zero attached hydrogens (tertiary/aromatic N) is 2. The summed E-state index contributed by atoms with van der Waals surface area (Å²) in [5.41, 5.74) is 0.286. The number of hydrogen-bond acceptors (Lipinski definition) is 3. The number of guanidine groups is 1. The van der Waals surface area contributed by atoms with Gasteiger partial charge in [-0.3, -0.25) is 4.99 Å². The van der Waals surface area contributed by atoms with Crippen LogP contribution in [0.5, 0.6) is 0 Å². The molecule has 27 heavy (non-hydrogen) atoms. The molecule has 2 rings (SSSR count). The van der Waals surface area contributed by atoms with Gasteiger partial charge in [0.25, 0.3) is 0 Å². The molecule has 0 amide bonds. The minimum absolute atomic E-state index is 0. The average molecular weight is 492 g/mol. The Hall–Kier alpha value is -0.930. The third kappa shape index (κ3) is 8.31. The first kappa shape index (κ1) is 24.1. The zero-order valence-corrected chi connectivity index (χ0v) is 18.9. The van der Waals surface area contributed by atoms with Crippen LogP contribution >= 0.6 is 24.0 Å². The van der Waals surface area contributed by atoms with E-state index in [9.17, 15) is 9.50 Å². The Morgan fingerprint density at radius 3 is 2.56 bits per heavy atom. The van der Waals surface area contributed by atoms with Crippen LogP contribution in [-0.4, -0.2) is 54.7 Å². The lowest BCUT2D eigenvalue weighted by Gasteiger charge is -2.34. The molecule has 0 aliphatic carbocycles. The maximum Gasteiger partial charge on any atom is 0.191 e. The number of hydrogen-bond donors (Lipinski definition) is 3. The standard InChI is InChI=1S/C20H33FN4O.HI/c1-4-22-20(23-13-19(26)17-7-5-6-8-18(17)21)24-16-9-11-25(12-10-16)14-15(2)3;/h5-8,15-16,19,26H,4,9-14H2,1-3H3,(H2,22,23,24);1H. The van der Waals surface area contributed by atoms with Crippen LogP contribution in [0.1, 0.15) is 45.3 Å². The van der Waals surface area contributed by atoms with Gasteiger partial charge in [-0.1, -0.05) is 32.0 Å². The topological polar surface area (TPSA) is 59.9 Å². The van der Waals surface area contributed by atoms with Crippen LogP contribution in [0.2, 0.25) is 0 Å². The number of benzene rings is 1. The van der Waals surface area contributed by atoms with E-state index in [-0.39, 0.29) is 36.1 Å². The molecular formula is C20H34FIN4O. The average Bonchev–Trinajstić information content (AvgIpc) is 2.61. The second-order valence-electron chi connectivity index (χ2n) is 7.37. The van der Waals surface area contributed by atoms with Gasteiger partial charge < -0.3 is 20.6 Å². The van der Waals surface area contributed by atoms with E-state index in [1.807, 2.05) is 6.92 Å². The zero-order valence-electron chi connectivity index (χ0n) is 16.6. The number of nitrogens with one attached hydrogen (secondary N) is 2. The number of halogens is 2. The van der Waals surface area contributed by atoms with Gasteiger partial charge in [0.2, 0.25) is 0 Å². The lowest BCUT2D eigenvalue weighted by molar-refractivity contribution is 0.181. The Labute approximate surface area is 179 Å². The third-order valence-corrected chi connectivity index (χ3v) is 4.58. The quantitative estimate of drug-likeness (QED) is 0.311. The fraction of sp³-hybridized carbons (Fsp3) is 0.650. The van der Waals surface area contributed by atoms with Gasteiger partial charge in [0, 0.05) is 37.8 Å². The normalized spacial score (nSPS) is 17.5. The predicted molar refractivity (Wildman–Crippen MR) is 120 cm³/mol. The molecule has 0 radical (unpaired) electrons. The fourth-order valence-corrected chi connectivity index (χ4v) is 3.31. The molecule has 1 heterocycles. The summed E-state index contributed by atoms with van der Waals surface area (Å²) < 4.78 is 13.8. The van der Waals surface area contributed by atoms with Crippen LogP contribution in [0.4, 0.5) is 4.39 Å². The van der Waals surface area contributed by atoms with Crippen LogP contribution in [0.3, 0.4) is 0 Å². The van der Waals surface area contributed by atoms with Crippen molar-refractivity contribution < 1.29 is 9.50 Å². The first-order valence-corrected chi connectivity index (χ1v) is 9.69. The molecule has 1 aliphatic rings. The molecule has 1 aromatic carbocycles. The smallest absolute Gasteiger partial charge is 0.191 e. The van der Waals surface area contributed by atoms with E-state index in [1.165, 1.54) is 6.07 Å². The highest BCUT2D eigenvalue weighted by atomic mass is 127. The number of aliphatic imine (C=N–C) groups is 1. The van der Waals surface area contributed by atoms with Crippen LogP contribution in [-0.2, 0) is 0 Å². The minimum Gasteiger partial charge on any atom is -0.386 e. The van der Waals surface area contributed by atoms with E-state index in [4.69, 9.17) is 0 Å². The maximum atomic E-state index is 13.8. The highest BCUT2D eigenvalue weighted by molar-refractivity contribution is 14.0. The van der Waals surface area contributed by atoms with E-state index >= 15 is 0 Å². The number of likely N-dealkylation sites (tertiary alicyclic amines) is 1. The molecule has 1 saturated heterocycles. The molecule has 0 spiro atoms. The van der Waals surface area contributed by atoms with Crippen molar-refractivity contribution in [3.63, 3.8) is 0 Å². The lowest BCUT2D eigenvalue weighted by Crippen LogP contribution is -2.49. The molecule has 1 fully saturated rings. The predicted octanol–water partition coefficient (Wildman–Crippen LogP) is 3.15. The van der Waals surface area contributed by atoms with Gasteiger partial charge >= 0.3 is 0 Å². The highest BCUT2D eigenvalue weighted by Gasteiger charge is 2.20. The van der Waals surface area contributed by atoms with Gasteiger partial charge in [0.1, 0.15) is 11.9 Å². The SMILES string of the molecule is CCNC(=NCC(O)c1ccccc1F)NC1CCN(CC(C)C)CC1.I. The summed E-state index contributed by atoms with van der Waals surface area (Å²) in [5.74, 6) is 0.981. The maximum absolute atomic E-state index is 13.8. The minimum atomic E-state index is -0.945. The van der Waals surface area contributed by atoms with Gasteiger partial charge in [-0.25, -0.2) is 4.39 Å². The van der Waals surface area contributed by atoms with Crippen molar-refractivity contribution in [2.24, 2.45) is 10.9 Å². The molecule has 5 nitrogen and oxygen atoms in total. The van der Waals surface area contributed by atoms with Crippen molar-refractivity contribution >= 4 is 29.9 Å². The first-order chi connectivity index (χ1) is 12.5. The molecule has 3 N–H and O–H groups in total. The van der Waals surface area contributed by atoms with E-state index in [1.54, 1.807) is 18.2 Å². The summed E-state index contributed by atoms with van der Waals surface area (Å²) in [6.07, 6.45) is 1.21. The Morgan fingerprint density at radius 2 is 1.96 bits per heavy atom. The lowest BCUT2D eigenvalue weighted by atomic mass is 10.0.